The van der Waals surface area contributed by atoms with Gasteiger partial charge in [0, 0.05) is 22.7 Å². The Bertz CT molecular complexity index is 889. The molecule has 0 saturated carbocycles. The van der Waals surface area contributed by atoms with Crippen molar-refractivity contribution in [3.63, 3.8) is 0 Å². The number of para-hydroxylation sites is 4. The summed E-state index contributed by atoms with van der Waals surface area (Å²) < 4.78 is 0. The van der Waals surface area contributed by atoms with Gasteiger partial charge in [-0.3, -0.25) is 0 Å². The van der Waals surface area contributed by atoms with Crippen LogP contribution in [-0.2, 0) is 0 Å². The minimum atomic E-state index is -2.97. The van der Waals surface area contributed by atoms with E-state index in [2.05, 4.69) is 42.1 Å². The Morgan fingerprint density at radius 2 is 0.515 bits per heavy atom. The SMILES string of the molecule is c1ccc(NN[Si](NNc2ccccc2)(NNc2ccccc2)NNc2ccccc2)cc1. The zero-order valence-electron chi connectivity index (χ0n) is 18.0. The first-order valence-electron chi connectivity index (χ1n) is 10.6. The van der Waals surface area contributed by atoms with E-state index in [1.165, 1.54) is 0 Å². The average Bonchev–Trinajstić information content (AvgIpc) is 2.90. The van der Waals surface area contributed by atoms with Gasteiger partial charge in [-0.15, -0.1) is 0 Å². The number of rotatable bonds is 12. The molecule has 4 rings (SSSR count). The fourth-order valence-electron chi connectivity index (χ4n) is 2.94. The zero-order valence-corrected chi connectivity index (χ0v) is 19.0. The second-order valence-corrected chi connectivity index (χ2v) is 9.71. The predicted octanol–water partition coefficient (Wildman–Crippen LogP) is 3.89. The first kappa shape index (κ1) is 22.3. The van der Waals surface area contributed by atoms with Crippen LogP contribution in [0.1, 0.15) is 0 Å². The molecule has 33 heavy (non-hydrogen) atoms. The molecule has 8 N–H and O–H groups in total. The van der Waals surface area contributed by atoms with E-state index >= 15 is 0 Å². The topological polar surface area (TPSA) is 96.2 Å². The van der Waals surface area contributed by atoms with Crippen LogP contribution in [0.5, 0.6) is 0 Å². The van der Waals surface area contributed by atoms with Crippen LogP contribution in [0.15, 0.2) is 121 Å². The molecule has 0 saturated heterocycles. The van der Waals surface area contributed by atoms with Gasteiger partial charge < -0.3 is 21.7 Å². The Morgan fingerprint density at radius 3 is 0.727 bits per heavy atom. The van der Waals surface area contributed by atoms with Crippen molar-refractivity contribution < 1.29 is 0 Å². The van der Waals surface area contributed by atoms with Gasteiger partial charge in [-0.2, -0.15) is 0 Å². The van der Waals surface area contributed by atoms with E-state index in [1.54, 1.807) is 0 Å². The molecule has 0 bridgehead atoms. The lowest BCUT2D eigenvalue weighted by Gasteiger charge is -2.35. The monoisotopic (exact) mass is 456 g/mol. The molecule has 0 aromatic heterocycles. The molecule has 9 heteroatoms. The maximum absolute atomic E-state index is 3.43. The van der Waals surface area contributed by atoms with E-state index in [1.807, 2.05) is 121 Å². The van der Waals surface area contributed by atoms with Gasteiger partial charge in [0.25, 0.3) is 0 Å². The summed E-state index contributed by atoms with van der Waals surface area (Å²) in [5.74, 6) is 0. The lowest BCUT2D eigenvalue weighted by Crippen LogP contribution is -2.84. The largest absolute Gasteiger partial charge is 0.438 e. The van der Waals surface area contributed by atoms with Crippen LogP contribution in [0.4, 0.5) is 22.7 Å². The summed E-state index contributed by atoms with van der Waals surface area (Å²) in [6.07, 6.45) is 0. The second-order valence-electron chi connectivity index (χ2n) is 7.21. The van der Waals surface area contributed by atoms with Crippen molar-refractivity contribution in [3.8, 4) is 0 Å². The number of nitrogens with one attached hydrogen (secondary N) is 8. The zero-order chi connectivity index (χ0) is 22.6. The highest BCUT2D eigenvalue weighted by atomic mass is 28.4. The summed E-state index contributed by atoms with van der Waals surface area (Å²) in [4.78, 5) is 0. The molecular weight excluding hydrogens is 428 g/mol. The first-order valence-corrected chi connectivity index (χ1v) is 12.6. The van der Waals surface area contributed by atoms with Crippen LogP contribution >= 0.6 is 0 Å². The summed E-state index contributed by atoms with van der Waals surface area (Å²) in [6.45, 7) is 0. The van der Waals surface area contributed by atoms with Crippen molar-refractivity contribution in [2.75, 3.05) is 21.7 Å². The normalized spacial score (nSPS) is 10.9. The summed E-state index contributed by atoms with van der Waals surface area (Å²) in [5, 5.41) is 13.7. The third-order valence-corrected chi connectivity index (χ3v) is 6.67. The van der Waals surface area contributed by atoms with E-state index in [4.69, 9.17) is 0 Å². The summed E-state index contributed by atoms with van der Waals surface area (Å²) in [7, 11) is -2.97. The molecule has 0 aliphatic rings. The van der Waals surface area contributed by atoms with Crippen molar-refractivity contribution in [2.24, 2.45) is 0 Å². The van der Waals surface area contributed by atoms with E-state index < -0.39 is 8.72 Å². The highest BCUT2D eigenvalue weighted by Gasteiger charge is 2.36. The number of hydrazine groups is 4. The Morgan fingerprint density at radius 1 is 0.303 bits per heavy atom. The molecule has 0 amide bonds. The number of hydrogen-bond donors (Lipinski definition) is 8. The second kappa shape index (κ2) is 11.7. The van der Waals surface area contributed by atoms with E-state index in [0.717, 1.165) is 22.7 Å². The van der Waals surface area contributed by atoms with E-state index in [-0.39, 0.29) is 0 Å². The smallest absolute Gasteiger partial charge is 0.325 e. The Kier molecular flexibility index (Phi) is 7.90. The van der Waals surface area contributed by atoms with Gasteiger partial charge >= 0.3 is 8.72 Å². The molecule has 0 unspecified atom stereocenters. The van der Waals surface area contributed by atoms with Crippen LogP contribution in [0.3, 0.4) is 0 Å². The van der Waals surface area contributed by atoms with Crippen molar-refractivity contribution >= 4 is 31.5 Å². The molecule has 0 atom stereocenters. The Labute approximate surface area is 195 Å². The van der Waals surface area contributed by atoms with Crippen molar-refractivity contribution in [2.45, 2.75) is 0 Å². The molecule has 4 aromatic rings. The van der Waals surface area contributed by atoms with Crippen molar-refractivity contribution in [3.05, 3.63) is 121 Å². The highest BCUT2D eigenvalue weighted by Crippen LogP contribution is 2.08. The molecule has 0 radical (unpaired) electrons. The Hall–Kier alpha value is -3.86. The maximum atomic E-state index is 3.43. The van der Waals surface area contributed by atoms with Crippen LogP contribution in [0.25, 0.3) is 0 Å². The van der Waals surface area contributed by atoms with Gasteiger partial charge in [-0.25, -0.2) is 20.4 Å². The van der Waals surface area contributed by atoms with Gasteiger partial charge in [-0.1, -0.05) is 72.8 Å². The van der Waals surface area contributed by atoms with Gasteiger partial charge in [0.2, 0.25) is 0 Å². The fraction of sp³-hybridized carbons (Fsp3) is 0. The Balaban J connectivity index is 1.56. The standard InChI is InChI=1S/C24H28N8Si/c1-5-13-21(14-6-1)25-29-33(30-26-22-15-7-2-8-16-22,31-27-23-17-9-3-10-18-23)32-28-24-19-11-4-12-20-24/h1-20,25-32H. The third-order valence-electron chi connectivity index (χ3n) is 4.67. The highest BCUT2D eigenvalue weighted by molar-refractivity contribution is 6.70. The first-order chi connectivity index (χ1) is 16.3. The molecule has 8 nitrogen and oxygen atoms in total. The number of benzene rings is 4. The fourth-order valence-corrected chi connectivity index (χ4v) is 4.64. The van der Waals surface area contributed by atoms with Crippen LogP contribution in [0.2, 0.25) is 0 Å². The lowest BCUT2D eigenvalue weighted by molar-refractivity contribution is 0.813. The summed E-state index contributed by atoms with van der Waals surface area (Å²) in [6, 6.07) is 39.7. The molecule has 0 fully saturated rings. The van der Waals surface area contributed by atoms with Crippen LogP contribution in [-0.4, -0.2) is 8.72 Å². The maximum Gasteiger partial charge on any atom is 0.438 e. The molecule has 0 spiro atoms. The quantitative estimate of drug-likeness (QED) is 0.120. The minimum Gasteiger partial charge on any atom is -0.325 e. The van der Waals surface area contributed by atoms with E-state index in [0.29, 0.717) is 0 Å². The average molecular weight is 457 g/mol. The molecule has 0 heterocycles. The van der Waals surface area contributed by atoms with Gasteiger partial charge in [0.1, 0.15) is 0 Å². The summed E-state index contributed by atoms with van der Waals surface area (Å²) >= 11 is 0. The number of anilines is 4. The van der Waals surface area contributed by atoms with Crippen molar-refractivity contribution in [1.82, 2.24) is 20.4 Å². The summed E-state index contributed by atoms with van der Waals surface area (Å²) in [5.41, 5.74) is 16.9. The van der Waals surface area contributed by atoms with Gasteiger partial charge in [-0.05, 0) is 48.5 Å². The molecular formula is C24H28N8Si. The van der Waals surface area contributed by atoms with Gasteiger partial charge in [0.15, 0.2) is 0 Å². The minimum absolute atomic E-state index is 0.930. The third kappa shape index (κ3) is 7.07. The van der Waals surface area contributed by atoms with Crippen molar-refractivity contribution in [1.29, 1.82) is 0 Å². The predicted molar refractivity (Wildman–Crippen MR) is 139 cm³/mol. The molecule has 0 aliphatic carbocycles. The molecule has 168 valence electrons. The van der Waals surface area contributed by atoms with Gasteiger partial charge in [0.05, 0.1) is 0 Å². The molecule has 4 aromatic carbocycles. The van der Waals surface area contributed by atoms with Crippen LogP contribution < -0.4 is 42.1 Å². The van der Waals surface area contributed by atoms with E-state index in [9.17, 15) is 0 Å². The van der Waals surface area contributed by atoms with Crippen LogP contribution in [0, 0.1) is 0 Å². The number of hydrogen-bond acceptors (Lipinski definition) is 8. The molecule has 0 aliphatic heterocycles. The lowest BCUT2D eigenvalue weighted by atomic mass is 10.3.